The van der Waals surface area contributed by atoms with Crippen molar-refractivity contribution in [2.24, 2.45) is 0 Å². The lowest BCUT2D eigenvalue weighted by atomic mass is 10.1. The highest BCUT2D eigenvalue weighted by Gasteiger charge is 2.16. The molecule has 0 atom stereocenters. The lowest BCUT2D eigenvalue weighted by Crippen LogP contribution is -2.13. The molecule has 0 aliphatic carbocycles. The minimum Gasteiger partial charge on any atom is -0.454 e. The van der Waals surface area contributed by atoms with Crippen LogP contribution in [0.5, 0.6) is 0 Å². The fourth-order valence-corrected chi connectivity index (χ4v) is 3.15. The van der Waals surface area contributed by atoms with E-state index in [-0.39, 0.29) is 12.4 Å². The van der Waals surface area contributed by atoms with Crippen LogP contribution in [0.25, 0.3) is 6.08 Å². The van der Waals surface area contributed by atoms with Gasteiger partial charge in [-0.05, 0) is 31.6 Å². The SMILES string of the molecule is C=CCn1c(C)cc(C(=O)COC(=O)/C=C/c2cn(Cc3ccccc3)nn2)c1C. The van der Waals surface area contributed by atoms with Gasteiger partial charge in [-0.1, -0.05) is 41.6 Å². The molecule has 7 heteroatoms. The second-order valence-corrected chi connectivity index (χ2v) is 6.87. The van der Waals surface area contributed by atoms with E-state index in [2.05, 4.69) is 16.9 Å². The van der Waals surface area contributed by atoms with Gasteiger partial charge in [0.05, 0.1) is 12.7 Å². The topological polar surface area (TPSA) is 79.0 Å². The van der Waals surface area contributed by atoms with Gasteiger partial charge in [-0.3, -0.25) is 4.79 Å². The molecular weight excluding hydrogens is 380 g/mol. The third-order valence-electron chi connectivity index (χ3n) is 4.67. The quantitative estimate of drug-likeness (QED) is 0.236. The Morgan fingerprint density at radius 2 is 1.97 bits per heavy atom. The number of hydrogen-bond acceptors (Lipinski definition) is 5. The van der Waals surface area contributed by atoms with Gasteiger partial charge in [0.15, 0.2) is 6.61 Å². The van der Waals surface area contributed by atoms with Crippen LogP contribution in [-0.4, -0.2) is 37.9 Å². The molecule has 1 aromatic carbocycles. The van der Waals surface area contributed by atoms with Crippen molar-refractivity contribution in [1.82, 2.24) is 19.6 Å². The number of nitrogens with zero attached hydrogens (tertiary/aromatic N) is 4. The molecule has 154 valence electrons. The van der Waals surface area contributed by atoms with Crippen molar-refractivity contribution in [2.75, 3.05) is 6.61 Å². The van der Waals surface area contributed by atoms with Gasteiger partial charge in [0.25, 0.3) is 0 Å². The Morgan fingerprint density at radius 1 is 1.20 bits per heavy atom. The zero-order valence-corrected chi connectivity index (χ0v) is 17.1. The Labute approximate surface area is 175 Å². The average molecular weight is 404 g/mol. The van der Waals surface area contributed by atoms with Crippen molar-refractivity contribution in [2.45, 2.75) is 26.9 Å². The smallest absolute Gasteiger partial charge is 0.331 e. The van der Waals surface area contributed by atoms with Crippen LogP contribution in [0.4, 0.5) is 0 Å². The Bertz CT molecular complexity index is 1080. The molecule has 0 saturated heterocycles. The van der Waals surface area contributed by atoms with E-state index in [9.17, 15) is 9.59 Å². The van der Waals surface area contributed by atoms with Crippen LogP contribution in [0, 0.1) is 13.8 Å². The molecule has 0 aliphatic heterocycles. The first-order valence-electron chi connectivity index (χ1n) is 9.57. The van der Waals surface area contributed by atoms with Crippen LogP contribution in [0.1, 0.15) is 33.0 Å². The molecule has 7 nitrogen and oxygen atoms in total. The molecule has 3 aromatic rings. The van der Waals surface area contributed by atoms with E-state index >= 15 is 0 Å². The van der Waals surface area contributed by atoms with E-state index in [0.717, 1.165) is 17.0 Å². The lowest BCUT2D eigenvalue weighted by molar-refractivity contribution is -0.136. The third-order valence-corrected chi connectivity index (χ3v) is 4.67. The summed E-state index contributed by atoms with van der Waals surface area (Å²) in [6.07, 6.45) is 6.26. The van der Waals surface area contributed by atoms with Gasteiger partial charge in [-0.25, -0.2) is 9.48 Å². The molecule has 0 N–H and O–H groups in total. The number of ketones is 1. The number of carbonyl (C=O) groups excluding carboxylic acids is 2. The second kappa shape index (κ2) is 9.65. The molecule has 0 spiro atoms. The van der Waals surface area contributed by atoms with Crippen LogP contribution in [0.2, 0.25) is 0 Å². The molecule has 2 aromatic heterocycles. The van der Waals surface area contributed by atoms with Gasteiger partial charge < -0.3 is 9.30 Å². The summed E-state index contributed by atoms with van der Waals surface area (Å²) in [6.45, 7) is 8.41. The largest absolute Gasteiger partial charge is 0.454 e. The van der Waals surface area contributed by atoms with Crippen molar-refractivity contribution < 1.29 is 14.3 Å². The number of aryl methyl sites for hydroxylation is 1. The minimum absolute atomic E-state index is 0.242. The van der Waals surface area contributed by atoms with E-state index in [4.69, 9.17) is 4.74 Å². The van der Waals surface area contributed by atoms with Crippen molar-refractivity contribution in [3.05, 3.63) is 89.5 Å². The fraction of sp³-hybridized carbons (Fsp3) is 0.217. The fourth-order valence-electron chi connectivity index (χ4n) is 3.15. The summed E-state index contributed by atoms with van der Waals surface area (Å²) >= 11 is 0. The summed E-state index contributed by atoms with van der Waals surface area (Å²) in [5, 5.41) is 8.05. The summed E-state index contributed by atoms with van der Waals surface area (Å²) in [7, 11) is 0. The summed E-state index contributed by atoms with van der Waals surface area (Å²) in [4.78, 5) is 24.4. The van der Waals surface area contributed by atoms with Crippen molar-refractivity contribution >= 4 is 17.8 Å². The van der Waals surface area contributed by atoms with E-state index < -0.39 is 5.97 Å². The zero-order valence-electron chi connectivity index (χ0n) is 17.1. The summed E-state index contributed by atoms with van der Waals surface area (Å²) < 4.78 is 8.76. The number of ether oxygens (including phenoxy) is 1. The molecule has 0 fully saturated rings. The monoisotopic (exact) mass is 404 g/mol. The Balaban J connectivity index is 1.53. The average Bonchev–Trinajstić information content (AvgIpc) is 3.30. The summed E-state index contributed by atoms with van der Waals surface area (Å²) in [6, 6.07) is 11.7. The molecule has 30 heavy (non-hydrogen) atoms. The number of rotatable bonds is 9. The van der Waals surface area contributed by atoms with Crippen molar-refractivity contribution in [1.29, 1.82) is 0 Å². The van der Waals surface area contributed by atoms with E-state index in [1.807, 2.05) is 48.7 Å². The minimum atomic E-state index is -0.610. The van der Waals surface area contributed by atoms with Gasteiger partial charge >= 0.3 is 5.97 Å². The highest BCUT2D eigenvalue weighted by Crippen LogP contribution is 2.16. The van der Waals surface area contributed by atoms with E-state index in [1.54, 1.807) is 23.0 Å². The van der Waals surface area contributed by atoms with Gasteiger partial charge in [0.1, 0.15) is 5.69 Å². The zero-order chi connectivity index (χ0) is 21.5. The number of esters is 1. The maximum Gasteiger partial charge on any atom is 0.331 e. The predicted molar refractivity (Wildman–Crippen MR) is 114 cm³/mol. The Morgan fingerprint density at radius 3 is 2.70 bits per heavy atom. The first kappa shape index (κ1) is 21.0. The molecular formula is C23H24N4O3. The number of Topliss-reactive ketones (excluding diaryl/α,β-unsaturated/α-hetero) is 1. The van der Waals surface area contributed by atoms with Gasteiger partial charge in [0, 0.05) is 29.6 Å². The summed E-state index contributed by atoms with van der Waals surface area (Å²) in [5.74, 6) is -0.852. The highest BCUT2D eigenvalue weighted by molar-refractivity contribution is 6.00. The molecule has 0 saturated carbocycles. The third kappa shape index (κ3) is 5.20. The molecule has 0 aliphatic rings. The maximum atomic E-state index is 12.4. The first-order chi connectivity index (χ1) is 14.5. The van der Waals surface area contributed by atoms with Gasteiger partial charge in [-0.2, -0.15) is 0 Å². The second-order valence-electron chi connectivity index (χ2n) is 6.87. The number of hydrogen-bond donors (Lipinski definition) is 0. The van der Waals surface area contributed by atoms with Crippen LogP contribution < -0.4 is 0 Å². The Kier molecular flexibility index (Phi) is 6.75. The maximum absolute atomic E-state index is 12.4. The molecule has 0 radical (unpaired) electrons. The number of benzene rings is 1. The number of aromatic nitrogens is 4. The molecule has 0 amide bonds. The Hall–Kier alpha value is -3.74. The normalized spacial score (nSPS) is 11.0. The van der Waals surface area contributed by atoms with Crippen LogP contribution in [-0.2, 0) is 22.6 Å². The first-order valence-corrected chi connectivity index (χ1v) is 9.57. The van der Waals surface area contributed by atoms with Gasteiger partial charge in [-0.15, -0.1) is 11.7 Å². The number of allylic oxidation sites excluding steroid dienone is 1. The van der Waals surface area contributed by atoms with E-state index in [0.29, 0.717) is 24.3 Å². The standard InChI is InChI=1S/C23H24N4O3/c1-4-12-27-17(2)13-21(18(27)3)22(28)16-30-23(29)11-10-20-15-26(25-24-20)14-19-8-6-5-7-9-19/h4-11,13,15H,1,12,14,16H2,2-3H3/b11-10+. The summed E-state index contributed by atoms with van der Waals surface area (Å²) in [5.41, 5.74) is 3.97. The lowest BCUT2D eigenvalue weighted by Gasteiger charge is -2.06. The van der Waals surface area contributed by atoms with E-state index in [1.165, 1.54) is 12.2 Å². The van der Waals surface area contributed by atoms with Gasteiger partial charge in [0.2, 0.25) is 5.78 Å². The molecule has 0 bridgehead atoms. The van der Waals surface area contributed by atoms with Crippen LogP contribution in [0.3, 0.4) is 0 Å². The highest BCUT2D eigenvalue weighted by atomic mass is 16.5. The van der Waals surface area contributed by atoms with Crippen molar-refractivity contribution in [3.8, 4) is 0 Å². The van der Waals surface area contributed by atoms with Crippen LogP contribution in [0.15, 0.2) is 61.3 Å². The molecule has 0 unspecified atom stereocenters. The predicted octanol–water partition coefficient (Wildman–Crippen LogP) is 3.37. The van der Waals surface area contributed by atoms with Crippen LogP contribution >= 0.6 is 0 Å². The molecule has 2 heterocycles. The number of carbonyl (C=O) groups is 2. The van der Waals surface area contributed by atoms with Crippen molar-refractivity contribution in [3.63, 3.8) is 0 Å². The molecule has 3 rings (SSSR count).